The van der Waals surface area contributed by atoms with Crippen molar-refractivity contribution in [3.8, 4) is 17.2 Å². The molecule has 1 N–H and O–H groups in total. The molecular weight excluding hydrogens is 466 g/mol. The molecule has 0 fully saturated rings. The number of rotatable bonds is 9. The molecule has 4 nitrogen and oxygen atoms in total. The second-order valence-electron chi connectivity index (χ2n) is 6.82. The first kappa shape index (κ1) is 22.3. The minimum absolute atomic E-state index is 0.473. The van der Waals surface area contributed by atoms with Gasteiger partial charge in [0.25, 0.3) is 0 Å². The molecule has 3 rings (SSSR count). The molecule has 0 aliphatic rings. The van der Waals surface area contributed by atoms with Crippen LogP contribution in [0.5, 0.6) is 17.2 Å². The lowest BCUT2D eigenvalue weighted by atomic mass is 10.1. The molecule has 0 aromatic heterocycles. The van der Waals surface area contributed by atoms with Gasteiger partial charge in [0.05, 0.1) is 23.2 Å². The monoisotopic (exact) mass is 489 g/mol. The van der Waals surface area contributed by atoms with Crippen LogP contribution in [0.4, 0.5) is 5.69 Å². The maximum atomic E-state index is 6.21. The van der Waals surface area contributed by atoms with Crippen LogP contribution in [-0.4, -0.2) is 13.7 Å². The Morgan fingerprint density at radius 1 is 0.933 bits per heavy atom. The van der Waals surface area contributed by atoms with Crippen molar-refractivity contribution in [2.24, 2.45) is 0 Å². The molecule has 0 radical (unpaired) electrons. The number of nitrogens with one attached hydrogen (secondary N) is 1. The lowest BCUT2D eigenvalue weighted by molar-refractivity contribution is 0.267. The van der Waals surface area contributed by atoms with E-state index in [4.69, 9.17) is 25.8 Å². The Balaban J connectivity index is 1.73. The van der Waals surface area contributed by atoms with Crippen molar-refractivity contribution in [3.05, 3.63) is 80.8 Å². The lowest BCUT2D eigenvalue weighted by Gasteiger charge is -2.16. The maximum absolute atomic E-state index is 6.21. The summed E-state index contributed by atoms with van der Waals surface area (Å²) in [6.07, 6.45) is 0. The van der Waals surface area contributed by atoms with E-state index in [9.17, 15) is 0 Å². The van der Waals surface area contributed by atoms with Crippen LogP contribution in [0, 0.1) is 6.92 Å². The summed E-state index contributed by atoms with van der Waals surface area (Å²) >= 11 is 9.85. The molecule has 0 amide bonds. The van der Waals surface area contributed by atoms with E-state index in [1.54, 1.807) is 7.11 Å². The van der Waals surface area contributed by atoms with Gasteiger partial charge in [-0.1, -0.05) is 41.4 Å². The summed E-state index contributed by atoms with van der Waals surface area (Å²) in [7, 11) is 1.60. The fraction of sp³-hybridized carbons (Fsp3) is 0.250. The van der Waals surface area contributed by atoms with E-state index in [-0.39, 0.29) is 0 Å². The first-order valence-electron chi connectivity index (χ1n) is 9.71. The van der Waals surface area contributed by atoms with Gasteiger partial charge in [0.1, 0.15) is 12.4 Å². The van der Waals surface area contributed by atoms with Gasteiger partial charge in [-0.2, -0.15) is 0 Å². The van der Waals surface area contributed by atoms with Gasteiger partial charge in [0, 0.05) is 12.2 Å². The molecule has 0 atom stereocenters. The smallest absolute Gasteiger partial charge is 0.175 e. The lowest BCUT2D eigenvalue weighted by Crippen LogP contribution is -2.04. The highest BCUT2D eigenvalue weighted by molar-refractivity contribution is 9.10. The van der Waals surface area contributed by atoms with Crippen molar-refractivity contribution in [2.45, 2.75) is 27.0 Å². The van der Waals surface area contributed by atoms with Gasteiger partial charge in [0.2, 0.25) is 0 Å². The molecule has 3 aromatic rings. The SMILES string of the molecule is CCOc1cc(CNc2ccc(OC)c(Cl)c2)cc(Br)c1OCc1ccc(C)cc1. The molecule has 0 spiro atoms. The minimum Gasteiger partial charge on any atom is -0.495 e. The van der Waals surface area contributed by atoms with Crippen LogP contribution in [0.15, 0.2) is 59.1 Å². The summed E-state index contributed by atoms with van der Waals surface area (Å²) in [5.41, 5.74) is 4.30. The van der Waals surface area contributed by atoms with Gasteiger partial charge in [-0.25, -0.2) is 0 Å². The molecular formula is C24H25BrClNO3. The van der Waals surface area contributed by atoms with E-state index >= 15 is 0 Å². The number of aryl methyl sites for hydroxylation is 1. The number of hydrogen-bond donors (Lipinski definition) is 1. The molecule has 0 aliphatic carbocycles. The van der Waals surface area contributed by atoms with Crippen LogP contribution in [-0.2, 0) is 13.2 Å². The van der Waals surface area contributed by atoms with E-state index in [0.29, 0.717) is 42.0 Å². The summed E-state index contributed by atoms with van der Waals surface area (Å²) in [6, 6.07) is 18.0. The molecule has 0 unspecified atom stereocenters. The number of halogens is 2. The van der Waals surface area contributed by atoms with Crippen LogP contribution in [0.25, 0.3) is 0 Å². The molecule has 0 saturated carbocycles. The fourth-order valence-corrected chi connectivity index (χ4v) is 3.81. The third-order valence-corrected chi connectivity index (χ3v) is 5.41. The fourth-order valence-electron chi connectivity index (χ4n) is 2.95. The third kappa shape index (κ3) is 5.83. The Kier molecular flexibility index (Phi) is 7.88. The average molecular weight is 491 g/mol. The average Bonchev–Trinajstić information content (AvgIpc) is 2.73. The van der Waals surface area contributed by atoms with Gasteiger partial charge < -0.3 is 19.5 Å². The van der Waals surface area contributed by atoms with Gasteiger partial charge in [0.15, 0.2) is 11.5 Å². The molecule has 6 heteroatoms. The number of anilines is 1. The third-order valence-electron chi connectivity index (χ3n) is 4.52. The quantitative estimate of drug-likeness (QED) is 0.350. The number of benzene rings is 3. The van der Waals surface area contributed by atoms with E-state index in [2.05, 4.69) is 52.4 Å². The minimum atomic E-state index is 0.473. The Bertz CT molecular complexity index is 992. The van der Waals surface area contributed by atoms with Gasteiger partial charge in [-0.3, -0.25) is 0 Å². The van der Waals surface area contributed by atoms with Crippen molar-refractivity contribution in [3.63, 3.8) is 0 Å². The molecule has 0 bridgehead atoms. The van der Waals surface area contributed by atoms with Crippen LogP contribution in [0.2, 0.25) is 5.02 Å². The van der Waals surface area contributed by atoms with E-state index in [1.807, 2.05) is 37.3 Å². The topological polar surface area (TPSA) is 39.7 Å². The van der Waals surface area contributed by atoms with Crippen LogP contribution in [0.1, 0.15) is 23.6 Å². The van der Waals surface area contributed by atoms with Crippen LogP contribution >= 0.6 is 27.5 Å². The zero-order chi connectivity index (χ0) is 21.5. The predicted molar refractivity (Wildman–Crippen MR) is 126 cm³/mol. The van der Waals surface area contributed by atoms with E-state index < -0.39 is 0 Å². The normalized spacial score (nSPS) is 10.6. The highest BCUT2D eigenvalue weighted by Crippen LogP contribution is 2.38. The van der Waals surface area contributed by atoms with Crippen molar-refractivity contribution >= 4 is 33.2 Å². The van der Waals surface area contributed by atoms with Gasteiger partial charge in [-0.05, 0) is 71.2 Å². The first-order chi connectivity index (χ1) is 14.5. The second-order valence-corrected chi connectivity index (χ2v) is 8.08. The van der Waals surface area contributed by atoms with Crippen molar-refractivity contribution in [2.75, 3.05) is 19.0 Å². The maximum Gasteiger partial charge on any atom is 0.175 e. The Labute approximate surface area is 191 Å². The highest BCUT2D eigenvalue weighted by Gasteiger charge is 2.13. The summed E-state index contributed by atoms with van der Waals surface area (Å²) in [4.78, 5) is 0. The summed E-state index contributed by atoms with van der Waals surface area (Å²) in [5.74, 6) is 2.07. The van der Waals surface area contributed by atoms with Gasteiger partial charge >= 0.3 is 0 Å². The summed E-state index contributed by atoms with van der Waals surface area (Å²) in [6.45, 7) is 5.67. The van der Waals surface area contributed by atoms with E-state index in [0.717, 1.165) is 21.3 Å². The highest BCUT2D eigenvalue weighted by atomic mass is 79.9. The molecule has 0 heterocycles. The molecule has 3 aromatic carbocycles. The summed E-state index contributed by atoms with van der Waals surface area (Å²) in [5, 5.41) is 3.94. The molecule has 158 valence electrons. The Hall–Kier alpha value is -2.37. The van der Waals surface area contributed by atoms with Gasteiger partial charge in [-0.15, -0.1) is 0 Å². The zero-order valence-corrected chi connectivity index (χ0v) is 19.6. The number of hydrogen-bond acceptors (Lipinski definition) is 4. The van der Waals surface area contributed by atoms with Crippen molar-refractivity contribution in [1.29, 1.82) is 0 Å². The number of ether oxygens (including phenoxy) is 3. The summed E-state index contributed by atoms with van der Waals surface area (Å²) < 4.78 is 18.0. The van der Waals surface area contributed by atoms with E-state index in [1.165, 1.54) is 5.56 Å². The van der Waals surface area contributed by atoms with Crippen molar-refractivity contribution < 1.29 is 14.2 Å². The Morgan fingerprint density at radius 2 is 1.70 bits per heavy atom. The van der Waals surface area contributed by atoms with Crippen LogP contribution < -0.4 is 19.5 Å². The second kappa shape index (κ2) is 10.6. The number of methoxy groups -OCH3 is 1. The Morgan fingerprint density at radius 3 is 2.37 bits per heavy atom. The molecule has 0 saturated heterocycles. The van der Waals surface area contributed by atoms with Crippen molar-refractivity contribution in [1.82, 2.24) is 0 Å². The largest absolute Gasteiger partial charge is 0.495 e. The van der Waals surface area contributed by atoms with Crippen LogP contribution in [0.3, 0.4) is 0 Å². The zero-order valence-electron chi connectivity index (χ0n) is 17.3. The first-order valence-corrected chi connectivity index (χ1v) is 10.9. The standard InChI is InChI=1S/C24H25BrClNO3/c1-4-29-23-12-18(14-27-19-9-10-22(28-3)21(26)13-19)11-20(25)24(23)30-15-17-7-5-16(2)6-8-17/h5-13,27H,4,14-15H2,1-3H3. The molecule has 0 aliphatic heterocycles. The predicted octanol–water partition coefficient (Wildman–Crippen LogP) is 7.01. The molecule has 30 heavy (non-hydrogen) atoms.